The maximum atomic E-state index is 11.5. The van der Waals surface area contributed by atoms with Gasteiger partial charge in [-0.1, -0.05) is 12.8 Å². The van der Waals surface area contributed by atoms with Crippen molar-refractivity contribution in [2.24, 2.45) is 7.05 Å². The summed E-state index contributed by atoms with van der Waals surface area (Å²) in [6.07, 6.45) is 7.13. The number of hydrogen-bond acceptors (Lipinski definition) is 3. The first kappa shape index (κ1) is 12.7. The molecule has 0 radical (unpaired) electrons. The van der Waals surface area contributed by atoms with Crippen molar-refractivity contribution in [3.63, 3.8) is 0 Å². The fraction of sp³-hybridized carbons (Fsp3) is 0.636. The van der Waals surface area contributed by atoms with Gasteiger partial charge < -0.3 is 15.0 Å². The third kappa shape index (κ3) is 4.44. The number of aliphatic hydroxyl groups excluding tert-OH is 1. The van der Waals surface area contributed by atoms with Gasteiger partial charge in [0.2, 0.25) is 0 Å². The molecular weight excluding hydrogens is 206 g/mol. The molecule has 0 saturated carbocycles. The van der Waals surface area contributed by atoms with Crippen LogP contribution in [0.15, 0.2) is 12.5 Å². The van der Waals surface area contributed by atoms with Crippen LogP contribution in [0.1, 0.15) is 36.2 Å². The van der Waals surface area contributed by atoms with Gasteiger partial charge in [-0.25, -0.2) is 4.98 Å². The first-order chi connectivity index (χ1) is 7.74. The number of nitrogens with zero attached hydrogens (tertiary/aromatic N) is 2. The van der Waals surface area contributed by atoms with E-state index >= 15 is 0 Å². The predicted molar refractivity (Wildman–Crippen MR) is 61.1 cm³/mol. The van der Waals surface area contributed by atoms with E-state index in [1.54, 1.807) is 17.1 Å². The van der Waals surface area contributed by atoms with E-state index in [1.807, 2.05) is 7.05 Å². The van der Waals surface area contributed by atoms with Crippen LogP contribution in [-0.2, 0) is 7.05 Å². The lowest BCUT2D eigenvalue weighted by molar-refractivity contribution is 0.0948. The van der Waals surface area contributed by atoms with Crippen LogP contribution in [0.5, 0.6) is 0 Å². The zero-order valence-corrected chi connectivity index (χ0v) is 9.65. The fourth-order valence-corrected chi connectivity index (χ4v) is 1.41. The first-order valence-corrected chi connectivity index (χ1v) is 5.61. The molecule has 1 amide bonds. The van der Waals surface area contributed by atoms with E-state index in [-0.39, 0.29) is 12.5 Å². The highest BCUT2D eigenvalue weighted by molar-refractivity contribution is 5.91. The lowest BCUT2D eigenvalue weighted by Crippen LogP contribution is -2.24. The summed E-state index contributed by atoms with van der Waals surface area (Å²) < 4.78 is 1.75. The van der Waals surface area contributed by atoms with Gasteiger partial charge in [0, 0.05) is 26.4 Å². The summed E-state index contributed by atoms with van der Waals surface area (Å²) in [5.74, 6) is -0.122. The monoisotopic (exact) mass is 225 g/mol. The highest BCUT2D eigenvalue weighted by atomic mass is 16.2. The third-order valence-corrected chi connectivity index (χ3v) is 2.31. The van der Waals surface area contributed by atoms with Crippen molar-refractivity contribution in [3.05, 3.63) is 18.2 Å². The molecule has 1 heterocycles. The Morgan fingerprint density at radius 3 is 2.81 bits per heavy atom. The van der Waals surface area contributed by atoms with Crippen molar-refractivity contribution in [2.75, 3.05) is 13.2 Å². The Labute approximate surface area is 95.5 Å². The maximum Gasteiger partial charge on any atom is 0.271 e. The minimum atomic E-state index is -0.122. The highest BCUT2D eigenvalue weighted by Crippen LogP contribution is 1.98. The molecule has 0 saturated heterocycles. The minimum absolute atomic E-state index is 0.122. The summed E-state index contributed by atoms with van der Waals surface area (Å²) in [7, 11) is 1.83. The normalized spacial score (nSPS) is 10.4. The fourth-order valence-electron chi connectivity index (χ4n) is 1.41. The SMILES string of the molecule is Cn1cnc(C(=O)NCCCCCCO)c1. The van der Waals surface area contributed by atoms with Crippen LogP contribution in [0.25, 0.3) is 0 Å². The molecule has 2 N–H and O–H groups in total. The van der Waals surface area contributed by atoms with E-state index < -0.39 is 0 Å². The van der Waals surface area contributed by atoms with Crippen LogP contribution in [0, 0.1) is 0 Å². The van der Waals surface area contributed by atoms with Gasteiger partial charge >= 0.3 is 0 Å². The highest BCUT2D eigenvalue weighted by Gasteiger charge is 2.06. The minimum Gasteiger partial charge on any atom is -0.396 e. The second-order valence-electron chi connectivity index (χ2n) is 3.82. The van der Waals surface area contributed by atoms with Crippen LogP contribution < -0.4 is 5.32 Å². The van der Waals surface area contributed by atoms with Gasteiger partial charge in [0.15, 0.2) is 0 Å². The van der Waals surface area contributed by atoms with Crippen molar-refractivity contribution in [1.29, 1.82) is 0 Å². The first-order valence-electron chi connectivity index (χ1n) is 5.61. The van der Waals surface area contributed by atoms with Gasteiger partial charge in [0.1, 0.15) is 5.69 Å². The molecule has 0 bridgehead atoms. The average molecular weight is 225 g/mol. The largest absolute Gasteiger partial charge is 0.396 e. The average Bonchev–Trinajstić information content (AvgIpc) is 2.70. The summed E-state index contributed by atoms with van der Waals surface area (Å²) in [6, 6.07) is 0. The molecule has 5 nitrogen and oxygen atoms in total. The van der Waals surface area contributed by atoms with Crippen LogP contribution in [0.3, 0.4) is 0 Å². The molecule has 0 fully saturated rings. The van der Waals surface area contributed by atoms with Crippen molar-refractivity contribution in [1.82, 2.24) is 14.9 Å². The summed E-state index contributed by atoms with van der Waals surface area (Å²) in [5.41, 5.74) is 0.456. The summed E-state index contributed by atoms with van der Waals surface area (Å²) in [4.78, 5) is 15.5. The van der Waals surface area contributed by atoms with Crippen LogP contribution >= 0.6 is 0 Å². The second kappa shape index (κ2) is 7.00. The van der Waals surface area contributed by atoms with Gasteiger partial charge in [-0.05, 0) is 12.8 Å². The van der Waals surface area contributed by atoms with Gasteiger partial charge in [-0.3, -0.25) is 4.79 Å². The summed E-state index contributed by atoms with van der Waals surface area (Å²) in [5, 5.41) is 11.4. The molecule has 0 unspecified atom stereocenters. The van der Waals surface area contributed by atoms with Crippen molar-refractivity contribution in [2.45, 2.75) is 25.7 Å². The van der Waals surface area contributed by atoms with Crippen LogP contribution in [-0.4, -0.2) is 33.7 Å². The molecular formula is C11H19N3O2. The number of unbranched alkanes of at least 4 members (excludes halogenated alkanes) is 3. The number of aliphatic hydroxyl groups is 1. The molecule has 5 heteroatoms. The van der Waals surface area contributed by atoms with E-state index in [2.05, 4.69) is 10.3 Å². The predicted octanol–water partition coefficient (Wildman–Crippen LogP) is 0.703. The number of imidazole rings is 1. The molecule has 1 aromatic rings. The van der Waals surface area contributed by atoms with Crippen molar-refractivity contribution < 1.29 is 9.90 Å². The van der Waals surface area contributed by atoms with E-state index in [1.165, 1.54) is 0 Å². The third-order valence-electron chi connectivity index (χ3n) is 2.31. The zero-order valence-electron chi connectivity index (χ0n) is 9.65. The Kier molecular flexibility index (Phi) is 5.56. The molecule has 0 aliphatic heterocycles. The Hall–Kier alpha value is -1.36. The zero-order chi connectivity index (χ0) is 11.8. The van der Waals surface area contributed by atoms with Crippen LogP contribution in [0.4, 0.5) is 0 Å². The second-order valence-corrected chi connectivity index (χ2v) is 3.82. The van der Waals surface area contributed by atoms with E-state index in [9.17, 15) is 4.79 Å². The molecule has 0 atom stereocenters. The Morgan fingerprint density at radius 1 is 1.44 bits per heavy atom. The lowest BCUT2D eigenvalue weighted by Gasteiger charge is -2.02. The number of rotatable bonds is 7. The lowest BCUT2D eigenvalue weighted by atomic mass is 10.2. The number of aryl methyl sites for hydroxylation is 1. The van der Waals surface area contributed by atoms with Gasteiger partial charge in [-0.15, -0.1) is 0 Å². The number of carbonyl (C=O) groups excluding carboxylic acids is 1. The molecule has 0 aromatic carbocycles. The van der Waals surface area contributed by atoms with E-state index in [4.69, 9.17) is 5.11 Å². The molecule has 1 aromatic heterocycles. The van der Waals surface area contributed by atoms with Crippen molar-refractivity contribution >= 4 is 5.91 Å². The molecule has 0 spiro atoms. The number of aromatic nitrogens is 2. The molecule has 0 aliphatic carbocycles. The Balaban J connectivity index is 2.11. The number of hydrogen-bond donors (Lipinski definition) is 2. The van der Waals surface area contributed by atoms with E-state index in [0.717, 1.165) is 25.7 Å². The van der Waals surface area contributed by atoms with Crippen LogP contribution in [0.2, 0.25) is 0 Å². The number of carbonyl (C=O) groups is 1. The summed E-state index contributed by atoms with van der Waals surface area (Å²) >= 11 is 0. The Morgan fingerprint density at radius 2 is 2.19 bits per heavy atom. The molecule has 16 heavy (non-hydrogen) atoms. The molecule has 0 aliphatic rings. The Bertz CT molecular complexity index is 323. The summed E-state index contributed by atoms with van der Waals surface area (Å²) in [6.45, 7) is 0.918. The molecule has 90 valence electrons. The number of amides is 1. The molecule has 1 rings (SSSR count). The maximum absolute atomic E-state index is 11.5. The van der Waals surface area contributed by atoms with Gasteiger partial charge in [0.25, 0.3) is 5.91 Å². The quantitative estimate of drug-likeness (QED) is 0.671. The smallest absolute Gasteiger partial charge is 0.271 e. The van der Waals surface area contributed by atoms with Crippen molar-refractivity contribution in [3.8, 4) is 0 Å². The van der Waals surface area contributed by atoms with Gasteiger partial charge in [-0.2, -0.15) is 0 Å². The van der Waals surface area contributed by atoms with Gasteiger partial charge in [0.05, 0.1) is 6.33 Å². The van der Waals surface area contributed by atoms with E-state index in [0.29, 0.717) is 12.2 Å². The topological polar surface area (TPSA) is 67.2 Å². The standard InChI is InChI=1S/C11H19N3O2/c1-14-8-10(13-9-14)11(16)12-6-4-2-3-5-7-15/h8-9,15H,2-7H2,1H3,(H,12,16). The number of nitrogens with one attached hydrogen (secondary N) is 1.